The number of piperidine rings is 1. The van der Waals surface area contributed by atoms with Crippen LogP contribution in [0.5, 0.6) is 0 Å². The number of carbonyl (C=O) groups is 2. The molecule has 3 N–H and O–H groups in total. The number of aliphatic imine (C=N–C) groups is 1. The number of rotatable bonds is 1. The zero-order chi connectivity index (χ0) is 16.8. The lowest BCUT2D eigenvalue weighted by Gasteiger charge is -2.46. The van der Waals surface area contributed by atoms with Crippen molar-refractivity contribution in [1.82, 2.24) is 4.90 Å². The molecule has 0 radical (unpaired) electrons. The molecule has 1 spiro atoms. The number of carbonyl (C=O) groups excluding carboxylic acids is 1. The van der Waals surface area contributed by atoms with Crippen LogP contribution in [0.25, 0.3) is 0 Å². The van der Waals surface area contributed by atoms with Crippen LogP contribution < -0.4 is 10.6 Å². The number of likely N-dealkylation sites (tertiary alicyclic amines) is 1. The zero-order valence-corrected chi connectivity index (χ0v) is 12.6. The fourth-order valence-electron chi connectivity index (χ4n) is 3.47. The van der Waals surface area contributed by atoms with Gasteiger partial charge in [-0.25, -0.2) is 14.0 Å². The van der Waals surface area contributed by atoms with Gasteiger partial charge in [-0.3, -0.25) is 4.90 Å². The summed E-state index contributed by atoms with van der Waals surface area (Å²) >= 11 is 0. The Morgan fingerprint density at radius 1 is 1.52 bits per heavy atom. The van der Waals surface area contributed by atoms with Gasteiger partial charge < -0.3 is 15.7 Å². The van der Waals surface area contributed by atoms with Crippen molar-refractivity contribution in [2.24, 2.45) is 10.7 Å². The lowest BCUT2D eigenvalue weighted by atomic mass is 9.81. The highest BCUT2D eigenvalue weighted by Gasteiger charge is 2.53. The highest BCUT2D eigenvalue weighted by molar-refractivity contribution is 6.15. The highest BCUT2D eigenvalue weighted by atomic mass is 19.1. The summed E-state index contributed by atoms with van der Waals surface area (Å²) in [4.78, 5) is 30.1. The molecule has 2 aliphatic heterocycles. The summed E-state index contributed by atoms with van der Waals surface area (Å²) in [5.41, 5.74) is 5.48. The Kier molecular flexibility index (Phi) is 3.46. The molecule has 1 fully saturated rings. The van der Waals surface area contributed by atoms with Gasteiger partial charge in [0.2, 0.25) is 0 Å². The van der Waals surface area contributed by atoms with E-state index in [2.05, 4.69) is 4.99 Å². The van der Waals surface area contributed by atoms with Crippen molar-refractivity contribution in [3.05, 3.63) is 30.1 Å². The summed E-state index contributed by atoms with van der Waals surface area (Å²) in [5.74, 6) is -0.310. The number of amidine groups is 1. The van der Waals surface area contributed by atoms with E-state index in [4.69, 9.17) is 5.73 Å². The van der Waals surface area contributed by atoms with E-state index in [-0.39, 0.29) is 18.4 Å². The molecule has 23 heavy (non-hydrogen) atoms. The molecule has 1 aromatic carbocycles. The minimum Gasteiger partial charge on any atom is -0.465 e. The quantitative estimate of drug-likeness (QED) is 0.827. The number of nitrogens with zero attached hydrogens (tertiary/aromatic N) is 3. The minimum atomic E-state index is -1.01. The number of anilines is 1. The van der Waals surface area contributed by atoms with E-state index >= 15 is 0 Å². The van der Waals surface area contributed by atoms with Gasteiger partial charge in [-0.05, 0) is 38.0 Å². The van der Waals surface area contributed by atoms with Crippen LogP contribution in [-0.4, -0.2) is 46.1 Å². The molecule has 2 heterocycles. The van der Waals surface area contributed by atoms with E-state index < -0.39 is 23.5 Å². The second-order valence-electron chi connectivity index (χ2n) is 5.91. The maximum absolute atomic E-state index is 13.6. The van der Waals surface area contributed by atoms with Crippen molar-refractivity contribution in [2.45, 2.75) is 31.3 Å². The SMILES string of the molecule is CC1CC2(CCN1C(=O)O)C(N)=NC(=O)N2c1cccc(F)c1. The molecule has 0 saturated carbocycles. The van der Waals surface area contributed by atoms with Crippen molar-refractivity contribution in [2.75, 3.05) is 11.4 Å². The molecule has 7 nitrogen and oxygen atoms in total. The van der Waals surface area contributed by atoms with Crippen molar-refractivity contribution >= 4 is 23.6 Å². The number of hydrogen-bond donors (Lipinski definition) is 2. The van der Waals surface area contributed by atoms with Crippen LogP contribution in [0.15, 0.2) is 29.3 Å². The maximum Gasteiger partial charge on any atom is 0.407 e. The van der Waals surface area contributed by atoms with Crippen LogP contribution >= 0.6 is 0 Å². The Hall–Kier alpha value is -2.64. The minimum absolute atomic E-state index is 0.156. The fourth-order valence-corrected chi connectivity index (χ4v) is 3.47. The van der Waals surface area contributed by atoms with Gasteiger partial charge in [-0.1, -0.05) is 6.07 Å². The second-order valence-corrected chi connectivity index (χ2v) is 5.91. The normalized spacial score (nSPS) is 27.5. The van der Waals surface area contributed by atoms with Gasteiger partial charge in [0, 0.05) is 18.3 Å². The first-order chi connectivity index (χ1) is 10.8. The average molecular weight is 320 g/mol. The number of carboxylic acid groups (broad SMARTS) is 1. The molecule has 122 valence electrons. The maximum atomic E-state index is 13.6. The van der Waals surface area contributed by atoms with Gasteiger partial charge in [0.05, 0.1) is 0 Å². The van der Waals surface area contributed by atoms with Gasteiger partial charge in [0.1, 0.15) is 17.2 Å². The molecule has 2 aliphatic rings. The van der Waals surface area contributed by atoms with Crippen LogP contribution in [0.3, 0.4) is 0 Å². The molecule has 0 bridgehead atoms. The van der Waals surface area contributed by atoms with E-state index in [1.165, 1.54) is 28.0 Å². The molecule has 2 unspecified atom stereocenters. The summed E-state index contributed by atoms with van der Waals surface area (Å²) in [6.45, 7) is 1.99. The van der Waals surface area contributed by atoms with Gasteiger partial charge in [-0.2, -0.15) is 4.99 Å². The summed E-state index contributed by atoms with van der Waals surface area (Å²) in [7, 11) is 0. The Labute approximate surface area is 132 Å². The predicted octanol–water partition coefficient (Wildman–Crippen LogP) is 2.02. The number of urea groups is 1. The Balaban J connectivity index is 2.00. The third-order valence-electron chi connectivity index (χ3n) is 4.56. The number of amides is 3. The molecule has 3 amide bonds. The first kappa shape index (κ1) is 15.3. The Morgan fingerprint density at radius 2 is 2.26 bits per heavy atom. The predicted molar refractivity (Wildman–Crippen MR) is 82.1 cm³/mol. The lowest BCUT2D eigenvalue weighted by molar-refractivity contribution is 0.100. The fraction of sp³-hybridized carbons (Fsp3) is 0.400. The van der Waals surface area contributed by atoms with Crippen LogP contribution in [0.2, 0.25) is 0 Å². The second kappa shape index (κ2) is 5.22. The van der Waals surface area contributed by atoms with E-state index in [0.717, 1.165) is 0 Å². The van der Waals surface area contributed by atoms with E-state index in [9.17, 15) is 19.1 Å². The van der Waals surface area contributed by atoms with Gasteiger partial charge in [0.25, 0.3) is 0 Å². The van der Waals surface area contributed by atoms with E-state index in [0.29, 0.717) is 18.5 Å². The van der Waals surface area contributed by atoms with Crippen LogP contribution in [-0.2, 0) is 0 Å². The highest BCUT2D eigenvalue weighted by Crippen LogP contribution is 2.40. The number of halogens is 1. The van der Waals surface area contributed by atoms with Crippen LogP contribution in [0.4, 0.5) is 19.7 Å². The van der Waals surface area contributed by atoms with Crippen molar-refractivity contribution < 1.29 is 19.1 Å². The summed E-state index contributed by atoms with van der Waals surface area (Å²) < 4.78 is 13.6. The molecule has 0 aliphatic carbocycles. The Morgan fingerprint density at radius 3 is 2.87 bits per heavy atom. The first-order valence-electron chi connectivity index (χ1n) is 7.29. The number of nitrogens with two attached hydrogens (primary N) is 1. The van der Waals surface area contributed by atoms with Crippen LogP contribution in [0.1, 0.15) is 19.8 Å². The topological polar surface area (TPSA) is 99.2 Å². The van der Waals surface area contributed by atoms with Crippen molar-refractivity contribution in [3.8, 4) is 0 Å². The van der Waals surface area contributed by atoms with Gasteiger partial charge in [0.15, 0.2) is 0 Å². The van der Waals surface area contributed by atoms with E-state index in [1.807, 2.05) is 0 Å². The van der Waals surface area contributed by atoms with Crippen molar-refractivity contribution in [3.63, 3.8) is 0 Å². The summed E-state index contributed by atoms with van der Waals surface area (Å²) in [5, 5.41) is 9.21. The summed E-state index contributed by atoms with van der Waals surface area (Å²) in [6, 6.07) is 4.78. The number of hydrogen-bond acceptors (Lipinski definition) is 3. The average Bonchev–Trinajstić information content (AvgIpc) is 2.69. The lowest BCUT2D eigenvalue weighted by Crippen LogP contribution is -2.62. The molecule has 3 rings (SSSR count). The molecule has 8 heteroatoms. The van der Waals surface area contributed by atoms with Crippen molar-refractivity contribution in [1.29, 1.82) is 0 Å². The molecule has 0 aromatic heterocycles. The molecule has 1 aromatic rings. The van der Waals surface area contributed by atoms with Crippen LogP contribution in [0, 0.1) is 5.82 Å². The molecular formula is C15H17FN4O3. The first-order valence-corrected chi connectivity index (χ1v) is 7.29. The van der Waals surface area contributed by atoms with Gasteiger partial charge in [-0.15, -0.1) is 0 Å². The zero-order valence-electron chi connectivity index (χ0n) is 12.6. The molecule has 1 saturated heterocycles. The third-order valence-corrected chi connectivity index (χ3v) is 4.56. The molecule has 2 atom stereocenters. The van der Waals surface area contributed by atoms with Gasteiger partial charge >= 0.3 is 12.1 Å². The smallest absolute Gasteiger partial charge is 0.407 e. The monoisotopic (exact) mass is 320 g/mol. The largest absolute Gasteiger partial charge is 0.465 e. The molecular weight excluding hydrogens is 303 g/mol. The summed E-state index contributed by atoms with van der Waals surface area (Å²) in [6.07, 6.45) is -0.373. The third kappa shape index (κ3) is 2.30. The number of benzene rings is 1. The standard InChI is InChI=1S/C15H17FN4O3/c1-9-8-15(5-6-19(9)14(22)23)12(17)18-13(21)20(15)11-4-2-3-10(16)7-11/h2-4,7,9H,5-6,8H2,1H3,(H,22,23)(H2,17,18,21). The van der Waals surface area contributed by atoms with E-state index in [1.54, 1.807) is 13.0 Å². The Bertz CT molecular complexity index is 708.